The van der Waals surface area contributed by atoms with Gasteiger partial charge in [0.25, 0.3) is 5.69 Å². The molecule has 0 bridgehead atoms. The van der Waals surface area contributed by atoms with Crippen LogP contribution in [0.25, 0.3) is 0 Å². The van der Waals surface area contributed by atoms with Gasteiger partial charge in [-0.15, -0.1) is 0 Å². The van der Waals surface area contributed by atoms with E-state index < -0.39 is 16.9 Å². The van der Waals surface area contributed by atoms with Gasteiger partial charge in [0.05, 0.1) is 12.0 Å². The van der Waals surface area contributed by atoms with Gasteiger partial charge in [-0.2, -0.15) is 0 Å². The Morgan fingerprint density at radius 1 is 1.59 bits per heavy atom. The van der Waals surface area contributed by atoms with Crippen molar-refractivity contribution in [2.24, 2.45) is 0 Å². The number of ether oxygens (including phenoxy) is 1. The van der Waals surface area contributed by atoms with Crippen molar-refractivity contribution >= 4 is 23.0 Å². The minimum Gasteiger partial charge on any atom is -0.467 e. The molecule has 0 amide bonds. The van der Waals surface area contributed by atoms with Gasteiger partial charge in [-0.3, -0.25) is 10.1 Å². The molecule has 0 radical (unpaired) electrons. The topological polar surface area (TPSA) is 107 Å². The Morgan fingerprint density at radius 2 is 2.24 bits per heavy atom. The maximum Gasteiger partial charge on any atom is 0.327 e. The van der Waals surface area contributed by atoms with E-state index in [1.807, 2.05) is 0 Å². The Morgan fingerprint density at radius 3 is 2.71 bits per heavy atom. The van der Waals surface area contributed by atoms with E-state index in [-0.39, 0.29) is 11.4 Å². The van der Waals surface area contributed by atoms with Crippen LogP contribution in [0.3, 0.4) is 0 Å². The lowest BCUT2D eigenvalue weighted by Crippen LogP contribution is -2.27. The molecule has 17 heavy (non-hydrogen) atoms. The normalized spacial score (nSPS) is 11.6. The number of hydrogen-bond donors (Lipinski definition) is 2. The van der Waals surface area contributed by atoms with Gasteiger partial charge in [0, 0.05) is 11.8 Å². The average Bonchev–Trinajstić information content (AvgIpc) is 2.27. The summed E-state index contributed by atoms with van der Waals surface area (Å²) in [6.45, 7) is 1.61. The van der Waals surface area contributed by atoms with Crippen molar-refractivity contribution < 1.29 is 14.5 Å². The third-order valence-corrected chi connectivity index (χ3v) is 2.16. The highest BCUT2D eigenvalue weighted by Crippen LogP contribution is 2.24. The smallest absolute Gasteiger partial charge is 0.327 e. The monoisotopic (exact) mass is 239 g/mol. The van der Waals surface area contributed by atoms with Crippen LogP contribution in [-0.4, -0.2) is 24.0 Å². The molecule has 0 saturated heterocycles. The number of anilines is 2. The first kappa shape index (κ1) is 12.8. The lowest BCUT2D eigenvalue weighted by molar-refractivity contribution is -0.383. The van der Waals surface area contributed by atoms with Crippen LogP contribution in [0.4, 0.5) is 17.1 Å². The Bertz CT molecular complexity index is 447. The van der Waals surface area contributed by atoms with Crippen LogP contribution in [0.15, 0.2) is 18.2 Å². The van der Waals surface area contributed by atoms with Crippen molar-refractivity contribution in [3.63, 3.8) is 0 Å². The van der Waals surface area contributed by atoms with E-state index in [0.29, 0.717) is 5.69 Å². The van der Waals surface area contributed by atoms with E-state index in [0.717, 1.165) is 0 Å². The highest BCUT2D eigenvalue weighted by molar-refractivity contribution is 5.79. The zero-order valence-corrected chi connectivity index (χ0v) is 9.47. The lowest BCUT2D eigenvalue weighted by atomic mass is 10.2. The third-order valence-electron chi connectivity index (χ3n) is 2.16. The first-order valence-corrected chi connectivity index (χ1v) is 4.84. The van der Waals surface area contributed by atoms with Crippen molar-refractivity contribution in [1.29, 1.82) is 0 Å². The van der Waals surface area contributed by atoms with Crippen LogP contribution in [-0.2, 0) is 9.53 Å². The zero-order valence-electron chi connectivity index (χ0n) is 9.47. The number of benzene rings is 1. The molecule has 1 rings (SSSR count). The number of rotatable bonds is 4. The van der Waals surface area contributed by atoms with Crippen molar-refractivity contribution in [2.75, 3.05) is 18.2 Å². The van der Waals surface area contributed by atoms with Gasteiger partial charge in [0.15, 0.2) is 0 Å². The van der Waals surface area contributed by atoms with Gasteiger partial charge in [-0.05, 0) is 19.1 Å². The average molecular weight is 239 g/mol. The number of carbonyl (C=O) groups is 1. The van der Waals surface area contributed by atoms with Crippen LogP contribution in [0.2, 0.25) is 0 Å². The molecule has 1 aromatic rings. The molecule has 0 aromatic heterocycles. The number of nitrogens with zero attached hydrogens (tertiary/aromatic N) is 1. The second-order valence-electron chi connectivity index (χ2n) is 3.42. The SMILES string of the molecule is COC(=O)C(C)Nc1ccc([N+](=O)[O-])c(N)c1. The molecule has 92 valence electrons. The van der Waals surface area contributed by atoms with Crippen LogP contribution in [0, 0.1) is 10.1 Å². The minimum absolute atomic E-state index is 0.0389. The molecule has 0 aliphatic carbocycles. The Labute approximate surface area is 97.7 Å². The standard InChI is InChI=1S/C10H13N3O4/c1-6(10(14)17-2)12-7-3-4-9(13(15)16)8(11)5-7/h3-6,12H,11H2,1-2H3. The van der Waals surface area contributed by atoms with Crippen LogP contribution in [0.5, 0.6) is 0 Å². The molecule has 3 N–H and O–H groups in total. The molecule has 1 unspecified atom stereocenters. The van der Waals surface area contributed by atoms with Gasteiger partial charge in [0.2, 0.25) is 0 Å². The molecule has 0 aliphatic rings. The van der Waals surface area contributed by atoms with Gasteiger partial charge in [-0.25, -0.2) is 4.79 Å². The first-order chi connectivity index (χ1) is 7.95. The fourth-order valence-electron chi connectivity index (χ4n) is 1.30. The Kier molecular flexibility index (Phi) is 3.86. The molecule has 0 spiro atoms. The van der Waals surface area contributed by atoms with E-state index in [1.165, 1.54) is 25.3 Å². The van der Waals surface area contributed by atoms with E-state index in [4.69, 9.17) is 5.73 Å². The molecule has 7 nitrogen and oxygen atoms in total. The predicted molar refractivity (Wildman–Crippen MR) is 62.6 cm³/mol. The summed E-state index contributed by atoms with van der Waals surface area (Å²) in [6, 6.07) is 3.61. The maximum atomic E-state index is 11.2. The molecular weight excluding hydrogens is 226 g/mol. The molecule has 7 heteroatoms. The molecule has 0 saturated carbocycles. The molecule has 0 heterocycles. The van der Waals surface area contributed by atoms with Crippen LogP contribution >= 0.6 is 0 Å². The number of nitrogens with two attached hydrogens (primary N) is 1. The summed E-state index contributed by atoms with van der Waals surface area (Å²) in [5.74, 6) is -0.429. The summed E-state index contributed by atoms with van der Waals surface area (Å²) in [5, 5.41) is 13.4. The highest BCUT2D eigenvalue weighted by Gasteiger charge is 2.15. The number of nitrogens with one attached hydrogen (secondary N) is 1. The van der Waals surface area contributed by atoms with E-state index in [2.05, 4.69) is 10.1 Å². The summed E-state index contributed by atoms with van der Waals surface area (Å²) in [5.41, 5.74) is 5.90. The maximum absolute atomic E-state index is 11.2. The summed E-state index contributed by atoms with van der Waals surface area (Å²) in [4.78, 5) is 21.1. The fourth-order valence-corrected chi connectivity index (χ4v) is 1.30. The third kappa shape index (κ3) is 3.07. The van der Waals surface area contributed by atoms with E-state index in [1.54, 1.807) is 6.92 Å². The molecular formula is C10H13N3O4. The Hall–Kier alpha value is -2.31. The molecule has 0 aliphatic heterocycles. The second-order valence-corrected chi connectivity index (χ2v) is 3.42. The quantitative estimate of drug-likeness (QED) is 0.353. The number of nitro groups is 1. The number of nitro benzene ring substituents is 1. The fraction of sp³-hybridized carbons (Fsp3) is 0.300. The molecule has 1 atom stereocenters. The van der Waals surface area contributed by atoms with Crippen LogP contribution in [0.1, 0.15) is 6.92 Å². The van der Waals surface area contributed by atoms with Gasteiger partial charge in [0.1, 0.15) is 11.7 Å². The number of carbonyl (C=O) groups excluding carboxylic acids is 1. The first-order valence-electron chi connectivity index (χ1n) is 4.84. The number of esters is 1. The summed E-state index contributed by atoms with van der Waals surface area (Å²) in [6.07, 6.45) is 0. The number of nitrogen functional groups attached to an aromatic ring is 1. The van der Waals surface area contributed by atoms with Crippen molar-refractivity contribution in [1.82, 2.24) is 0 Å². The summed E-state index contributed by atoms with van der Waals surface area (Å²) >= 11 is 0. The number of hydrogen-bond acceptors (Lipinski definition) is 6. The lowest BCUT2D eigenvalue weighted by Gasteiger charge is -2.13. The highest BCUT2D eigenvalue weighted by atomic mass is 16.6. The largest absolute Gasteiger partial charge is 0.467 e. The van der Waals surface area contributed by atoms with E-state index >= 15 is 0 Å². The van der Waals surface area contributed by atoms with Gasteiger partial charge in [-0.1, -0.05) is 0 Å². The zero-order chi connectivity index (χ0) is 13.0. The van der Waals surface area contributed by atoms with Crippen molar-refractivity contribution in [2.45, 2.75) is 13.0 Å². The molecule has 0 fully saturated rings. The van der Waals surface area contributed by atoms with Crippen LogP contribution < -0.4 is 11.1 Å². The second kappa shape index (κ2) is 5.15. The van der Waals surface area contributed by atoms with Crippen molar-refractivity contribution in [3.05, 3.63) is 28.3 Å². The molecule has 1 aromatic carbocycles. The Balaban J connectivity index is 2.84. The van der Waals surface area contributed by atoms with E-state index in [9.17, 15) is 14.9 Å². The minimum atomic E-state index is -0.567. The predicted octanol–water partition coefficient (Wildman–Crippen LogP) is 1.15. The van der Waals surface area contributed by atoms with Gasteiger partial charge < -0.3 is 15.8 Å². The summed E-state index contributed by atoms with van der Waals surface area (Å²) in [7, 11) is 1.28. The summed E-state index contributed by atoms with van der Waals surface area (Å²) < 4.78 is 4.54. The number of methoxy groups -OCH3 is 1. The van der Waals surface area contributed by atoms with Crippen molar-refractivity contribution in [3.8, 4) is 0 Å². The van der Waals surface area contributed by atoms with Gasteiger partial charge >= 0.3 is 5.97 Å².